The number of rotatable bonds is 6. The van der Waals surface area contributed by atoms with Gasteiger partial charge in [0.1, 0.15) is 0 Å². The van der Waals surface area contributed by atoms with Crippen LogP contribution < -0.4 is 5.73 Å². The minimum atomic E-state index is 0.390. The van der Waals surface area contributed by atoms with Crippen molar-refractivity contribution in [1.82, 2.24) is 0 Å². The number of methoxy groups -OCH3 is 1. The van der Waals surface area contributed by atoms with E-state index >= 15 is 0 Å². The molecule has 2 nitrogen and oxygen atoms in total. The van der Waals surface area contributed by atoms with Crippen LogP contribution in [0.1, 0.15) is 16.4 Å². The van der Waals surface area contributed by atoms with Crippen molar-refractivity contribution in [2.45, 2.75) is 12.2 Å². The molecule has 3 heteroatoms. The zero-order valence-corrected chi connectivity index (χ0v) is 10.2. The van der Waals surface area contributed by atoms with Gasteiger partial charge in [0.25, 0.3) is 0 Å². The molecule has 2 N–H and O–H groups in total. The van der Waals surface area contributed by atoms with Gasteiger partial charge in [-0.2, -0.15) is 11.8 Å². The van der Waals surface area contributed by atoms with Gasteiger partial charge in [0, 0.05) is 24.7 Å². The molecule has 0 heterocycles. The average molecular weight is 225 g/mol. The van der Waals surface area contributed by atoms with Crippen molar-refractivity contribution in [3.05, 3.63) is 35.4 Å². The van der Waals surface area contributed by atoms with Crippen LogP contribution in [0.3, 0.4) is 0 Å². The second-order valence-corrected chi connectivity index (χ2v) is 4.81. The molecule has 1 atom stereocenters. The maximum absolute atomic E-state index is 5.76. The summed E-state index contributed by atoms with van der Waals surface area (Å²) in [6.45, 7) is 3.56. The molecule has 1 aromatic carbocycles. The van der Waals surface area contributed by atoms with Gasteiger partial charge in [-0.3, -0.25) is 0 Å². The monoisotopic (exact) mass is 225 g/mol. The minimum Gasteiger partial charge on any atom is -0.384 e. The molecule has 0 aliphatic rings. The van der Waals surface area contributed by atoms with E-state index in [0.29, 0.717) is 11.8 Å². The van der Waals surface area contributed by atoms with Gasteiger partial charge < -0.3 is 10.5 Å². The van der Waals surface area contributed by atoms with Crippen LogP contribution in [0.15, 0.2) is 24.3 Å². The Morgan fingerprint density at radius 2 is 2.00 bits per heavy atom. The number of benzene rings is 1. The average Bonchev–Trinajstić information content (AvgIpc) is 2.26. The molecule has 0 saturated carbocycles. The normalized spacial score (nSPS) is 12.7. The largest absolute Gasteiger partial charge is 0.384 e. The van der Waals surface area contributed by atoms with E-state index in [-0.39, 0.29) is 0 Å². The van der Waals surface area contributed by atoms with Crippen LogP contribution in [-0.4, -0.2) is 26.0 Å². The zero-order chi connectivity index (χ0) is 11.1. The first kappa shape index (κ1) is 12.6. The van der Waals surface area contributed by atoms with Gasteiger partial charge >= 0.3 is 0 Å². The fraction of sp³-hybridized carbons (Fsp3) is 0.500. The standard InChI is InChI=1S/C12H19NOS/c1-10-3-5-11(6-4-10)12(9-13)15-8-7-14-2/h3-6,12H,7-9,13H2,1-2H3. The molecule has 1 aromatic rings. The molecular weight excluding hydrogens is 206 g/mol. The van der Waals surface area contributed by atoms with Crippen molar-refractivity contribution in [3.63, 3.8) is 0 Å². The first-order valence-corrected chi connectivity index (χ1v) is 6.20. The second kappa shape index (κ2) is 6.88. The zero-order valence-electron chi connectivity index (χ0n) is 9.40. The lowest BCUT2D eigenvalue weighted by molar-refractivity contribution is 0.218. The number of thioether (sulfide) groups is 1. The highest BCUT2D eigenvalue weighted by molar-refractivity contribution is 7.99. The van der Waals surface area contributed by atoms with E-state index in [9.17, 15) is 0 Å². The van der Waals surface area contributed by atoms with Gasteiger partial charge in [-0.15, -0.1) is 0 Å². The van der Waals surface area contributed by atoms with Gasteiger partial charge in [0.2, 0.25) is 0 Å². The molecule has 15 heavy (non-hydrogen) atoms. The Labute approximate surface area is 96.2 Å². The molecule has 0 spiro atoms. The van der Waals surface area contributed by atoms with Gasteiger partial charge in [0.15, 0.2) is 0 Å². The summed E-state index contributed by atoms with van der Waals surface area (Å²) in [5.74, 6) is 0.992. The maximum atomic E-state index is 5.76. The smallest absolute Gasteiger partial charge is 0.0553 e. The lowest BCUT2D eigenvalue weighted by Gasteiger charge is -2.14. The van der Waals surface area contributed by atoms with Crippen molar-refractivity contribution in [2.24, 2.45) is 5.73 Å². The molecule has 84 valence electrons. The first-order chi connectivity index (χ1) is 7.27. The highest BCUT2D eigenvalue weighted by Gasteiger charge is 2.09. The Morgan fingerprint density at radius 3 is 2.53 bits per heavy atom. The number of hydrogen-bond acceptors (Lipinski definition) is 3. The Bertz CT molecular complexity index is 273. The Balaban J connectivity index is 2.53. The number of nitrogens with two attached hydrogens (primary N) is 1. The quantitative estimate of drug-likeness (QED) is 0.755. The summed E-state index contributed by atoms with van der Waals surface area (Å²) >= 11 is 1.86. The summed E-state index contributed by atoms with van der Waals surface area (Å²) < 4.78 is 5.03. The fourth-order valence-corrected chi connectivity index (χ4v) is 2.39. The molecule has 0 aromatic heterocycles. The van der Waals surface area contributed by atoms with Crippen LogP contribution >= 0.6 is 11.8 Å². The predicted octanol–water partition coefficient (Wildman–Crippen LogP) is 2.37. The second-order valence-electron chi connectivity index (χ2n) is 3.50. The van der Waals surface area contributed by atoms with Crippen LogP contribution in [0.4, 0.5) is 0 Å². The van der Waals surface area contributed by atoms with Crippen molar-refractivity contribution in [2.75, 3.05) is 26.0 Å². The summed E-state index contributed by atoms with van der Waals surface area (Å²) in [4.78, 5) is 0. The van der Waals surface area contributed by atoms with E-state index in [1.54, 1.807) is 7.11 Å². The van der Waals surface area contributed by atoms with Crippen molar-refractivity contribution >= 4 is 11.8 Å². The first-order valence-electron chi connectivity index (χ1n) is 5.15. The van der Waals surface area contributed by atoms with Crippen molar-refractivity contribution in [1.29, 1.82) is 0 Å². The SMILES string of the molecule is COCCSC(CN)c1ccc(C)cc1. The molecule has 0 amide bonds. The molecule has 1 rings (SSSR count). The van der Waals surface area contributed by atoms with Crippen LogP contribution in [0.2, 0.25) is 0 Å². The number of hydrogen-bond donors (Lipinski definition) is 1. The Kier molecular flexibility index (Phi) is 5.76. The van der Waals surface area contributed by atoms with E-state index in [0.717, 1.165) is 12.4 Å². The lowest BCUT2D eigenvalue weighted by atomic mass is 10.1. The lowest BCUT2D eigenvalue weighted by Crippen LogP contribution is -2.10. The Morgan fingerprint density at radius 1 is 1.33 bits per heavy atom. The summed E-state index contributed by atoms with van der Waals surface area (Å²) in [6, 6.07) is 8.59. The summed E-state index contributed by atoms with van der Waals surface area (Å²) in [7, 11) is 1.73. The third kappa shape index (κ3) is 4.24. The van der Waals surface area contributed by atoms with Crippen molar-refractivity contribution < 1.29 is 4.74 Å². The van der Waals surface area contributed by atoms with Crippen LogP contribution in [-0.2, 0) is 4.74 Å². The van der Waals surface area contributed by atoms with Gasteiger partial charge in [-0.25, -0.2) is 0 Å². The minimum absolute atomic E-state index is 0.390. The van der Waals surface area contributed by atoms with E-state index in [4.69, 9.17) is 10.5 Å². The summed E-state index contributed by atoms with van der Waals surface area (Å²) in [6.07, 6.45) is 0. The van der Waals surface area contributed by atoms with Gasteiger partial charge in [-0.1, -0.05) is 29.8 Å². The molecule has 0 aliphatic heterocycles. The van der Waals surface area contributed by atoms with Gasteiger partial charge in [0.05, 0.1) is 6.61 Å². The number of ether oxygens (including phenoxy) is 1. The Hall–Kier alpha value is -0.510. The molecule has 0 radical (unpaired) electrons. The van der Waals surface area contributed by atoms with E-state index in [2.05, 4.69) is 31.2 Å². The maximum Gasteiger partial charge on any atom is 0.0553 e. The van der Waals surface area contributed by atoms with Crippen molar-refractivity contribution in [3.8, 4) is 0 Å². The molecule has 0 aliphatic carbocycles. The van der Waals surface area contributed by atoms with Crippen LogP contribution in [0.5, 0.6) is 0 Å². The topological polar surface area (TPSA) is 35.2 Å². The third-order valence-electron chi connectivity index (χ3n) is 2.27. The summed E-state index contributed by atoms with van der Waals surface area (Å²) in [5.41, 5.74) is 8.36. The van der Waals surface area contributed by atoms with Crippen LogP contribution in [0.25, 0.3) is 0 Å². The molecule has 0 bridgehead atoms. The molecule has 0 saturated heterocycles. The highest BCUT2D eigenvalue weighted by Crippen LogP contribution is 2.27. The van der Waals surface area contributed by atoms with E-state index in [1.165, 1.54) is 11.1 Å². The molecular formula is C12H19NOS. The van der Waals surface area contributed by atoms with Crippen LogP contribution in [0, 0.1) is 6.92 Å². The predicted molar refractivity (Wildman–Crippen MR) is 67.3 cm³/mol. The molecule has 0 fully saturated rings. The fourth-order valence-electron chi connectivity index (χ4n) is 1.36. The highest BCUT2D eigenvalue weighted by atomic mass is 32.2. The molecule has 1 unspecified atom stereocenters. The summed E-state index contributed by atoms with van der Waals surface area (Å²) in [5, 5.41) is 0.390. The van der Waals surface area contributed by atoms with E-state index < -0.39 is 0 Å². The van der Waals surface area contributed by atoms with Gasteiger partial charge in [-0.05, 0) is 12.5 Å². The van der Waals surface area contributed by atoms with E-state index in [1.807, 2.05) is 11.8 Å². The third-order valence-corrected chi connectivity index (χ3v) is 3.54. The number of aryl methyl sites for hydroxylation is 1.